The summed E-state index contributed by atoms with van der Waals surface area (Å²) in [5, 5.41) is 20.4. The number of rotatable bonds is 3. The quantitative estimate of drug-likeness (QED) is 0.521. The first kappa shape index (κ1) is 14.2. The van der Waals surface area contributed by atoms with Crippen LogP contribution >= 0.6 is 15.9 Å². The molecule has 0 aliphatic rings. The first-order valence-electron chi connectivity index (χ1n) is 5.75. The molecule has 0 heterocycles. The van der Waals surface area contributed by atoms with E-state index >= 15 is 0 Å². The number of nitrogens with zero attached hydrogens (tertiary/aromatic N) is 2. The number of aromatic hydroxyl groups is 1. The number of nitro benzene ring substituents is 1. The van der Waals surface area contributed by atoms with Gasteiger partial charge in [-0.1, -0.05) is 6.07 Å². The maximum Gasteiger partial charge on any atom is 0.270 e. The maximum atomic E-state index is 10.7. The summed E-state index contributed by atoms with van der Waals surface area (Å²) < 4.78 is 0.818. The van der Waals surface area contributed by atoms with Crippen LogP contribution in [-0.4, -0.2) is 16.2 Å². The van der Waals surface area contributed by atoms with E-state index in [0.29, 0.717) is 11.3 Å². The zero-order chi connectivity index (χ0) is 14.7. The highest BCUT2D eigenvalue weighted by Crippen LogP contribution is 2.27. The van der Waals surface area contributed by atoms with Crippen LogP contribution in [0.2, 0.25) is 0 Å². The Kier molecular flexibility index (Phi) is 4.14. The first-order chi connectivity index (χ1) is 9.47. The van der Waals surface area contributed by atoms with Gasteiger partial charge in [-0.15, -0.1) is 0 Å². The molecule has 2 aromatic rings. The topological polar surface area (TPSA) is 75.7 Å². The van der Waals surface area contributed by atoms with E-state index in [1.807, 2.05) is 25.1 Å². The SMILES string of the molecule is Cc1ccc(N=Cc2cc([N+](=O)[O-])ccc2O)c(Br)c1. The van der Waals surface area contributed by atoms with Gasteiger partial charge in [0.2, 0.25) is 0 Å². The van der Waals surface area contributed by atoms with E-state index in [1.165, 1.54) is 24.4 Å². The van der Waals surface area contributed by atoms with E-state index in [2.05, 4.69) is 20.9 Å². The lowest BCUT2D eigenvalue weighted by Gasteiger charge is -2.01. The Hall–Kier alpha value is -2.21. The summed E-state index contributed by atoms with van der Waals surface area (Å²) in [4.78, 5) is 14.4. The molecular formula is C14H11BrN2O3. The molecular weight excluding hydrogens is 324 g/mol. The average Bonchev–Trinajstić information content (AvgIpc) is 2.39. The van der Waals surface area contributed by atoms with Crippen LogP contribution < -0.4 is 0 Å². The number of hydrogen-bond donors (Lipinski definition) is 1. The summed E-state index contributed by atoms with van der Waals surface area (Å²) in [6, 6.07) is 9.45. The van der Waals surface area contributed by atoms with Crippen LogP contribution in [0.15, 0.2) is 45.9 Å². The van der Waals surface area contributed by atoms with Gasteiger partial charge in [0.15, 0.2) is 0 Å². The van der Waals surface area contributed by atoms with E-state index in [1.54, 1.807) is 0 Å². The van der Waals surface area contributed by atoms with Crippen LogP contribution in [0.5, 0.6) is 5.75 Å². The van der Waals surface area contributed by atoms with Gasteiger partial charge in [-0.3, -0.25) is 15.1 Å². The molecule has 0 atom stereocenters. The zero-order valence-electron chi connectivity index (χ0n) is 10.6. The molecule has 0 unspecified atom stereocenters. The Labute approximate surface area is 123 Å². The van der Waals surface area contributed by atoms with Gasteiger partial charge >= 0.3 is 0 Å². The minimum Gasteiger partial charge on any atom is -0.507 e. The molecule has 0 aromatic heterocycles. The lowest BCUT2D eigenvalue weighted by molar-refractivity contribution is -0.384. The fourth-order valence-electron chi connectivity index (χ4n) is 1.61. The second-order valence-corrected chi connectivity index (χ2v) is 5.07. The number of aryl methyl sites for hydroxylation is 1. The number of non-ortho nitro benzene ring substituents is 1. The lowest BCUT2D eigenvalue weighted by Crippen LogP contribution is -1.90. The Bertz CT molecular complexity index is 699. The lowest BCUT2D eigenvalue weighted by atomic mass is 10.2. The highest BCUT2D eigenvalue weighted by Gasteiger charge is 2.08. The van der Waals surface area contributed by atoms with Crippen molar-refractivity contribution in [2.75, 3.05) is 0 Å². The van der Waals surface area contributed by atoms with Crippen LogP contribution in [0.1, 0.15) is 11.1 Å². The third kappa shape index (κ3) is 3.21. The first-order valence-corrected chi connectivity index (χ1v) is 6.54. The maximum absolute atomic E-state index is 10.7. The predicted molar refractivity (Wildman–Crippen MR) is 80.9 cm³/mol. The number of benzene rings is 2. The third-order valence-electron chi connectivity index (χ3n) is 2.67. The second-order valence-electron chi connectivity index (χ2n) is 4.21. The van der Waals surface area contributed by atoms with Gasteiger partial charge in [0.05, 0.1) is 10.6 Å². The Morgan fingerprint density at radius 1 is 1.30 bits per heavy atom. The fourth-order valence-corrected chi connectivity index (χ4v) is 2.21. The van der Waals surface area contributed by atoms with E-state index < -0.39 is 4.92 Å². The largest absolute Gasteiger partial charge is 0.507 e. The minimum absolute atomic E-state index is 0.0532. The van der Waals surface area contributed by atoms with Crippen molar-refractivity contribution >= 4 is 33.5 Å². The van der Waals surface area contributed by atoms with Gasteiger partial charge in [0.25, 0.3) is 5.69 Å². The van der Waals surface area contributed by atoms with Crippen LogP contribution in [0, 0.1) is 17.0 Å². The molecule has 6 heteroatoms. The number of hydrogen-bond acceptors (Lipinski definition) is 4. The molecule has 0 saturated heterocycles. The fraction of sp³-hybridized carbons (Fsp3) is 0.0714. The third-order valence-corrected chi connectivity index (χ3v) is 3.30. The minimum atomic E-state index is -0.515. The van der Waals surface area contributed by atoms with E-state index in [0.717, 1.165) is 10.0 Å². The molecule has 1 N–H and O–H groups in total. The summed E-state index contributed by atoms with van der Waals surface area (Å²) in [5.41, 5.74) is 1.98. The van der Waals surface area contributed by atoms with Crippen molar-refractivity contribution in [2.45, 2.75) is 6.92 Å². The van der Waals surface area contributed by atoms with Crippen LogP contribution in [0.4, 0.5) is 11.4 Å². The molecule has 20 heavy (non-hydrogen) atoms. The second kappa shape index (κ2) is 5.83. The zero-order valence-corrected chi connectivity index (χ0v) is 12.2. The molecule has 0 fully saturated rings. The molecule has 0 radical (unpaired) electrons. The van der Waals surface area contributed by atoms with Gasteiger partial charge in [-0.05, 0) is 46.6 Å². The molecule has 0 spiro atoms. The Balaban J connectivity index is 2.35. The van der Waals surface area contributed by atoms with Crippen molar-refractivity contribution in [1.29, 1.82) is 0 Å². The number of nitro groups is 1. The van der Waals surface area contributed by atoms with Gasteiger partial charge < -0.3 is 5.11 Å². The molecule has 2 rings (SSSR count). The number of phenolic OH excluding ortho intramolecular Hbond substituents is 1. The average molecular weight is 335 g/mol. The van der Waals surface area contributed by atoms with Crippen LogP contribution in [0.3, 0.4) is 0 Å². The highest BCUT2D eigenvalue weighted by molar-refractivity contribution is 9.10. The molecule has 0 bridgehead atoms. The summed E-state index contributed by atoms with van der Waals surface area (Å²) in [6.45, 7) is 1.96. The van der Waals surface area contributed by atoms with E-state index in [4.69, 9.17) is 0 Å². The Morgan fingerprint density at radius 3 is 2.70 bits per heavy atom. The molecule has 102 valence electrons. The predicted octanol–water partition coefficient (Wildman–Crippen LogP) is 4.12. The molecule has 0 aliphatic carbocycles. The van der Waals surface area contributed by atoms with E-state index in [-0.39, 0.29) is 11.4 Å². The van der Waals surface area contributed by atoms with Crippen molar-refractivity contribution < 1.29 is 10.0 Å². The monoisotopic (exact) mass is 334 g/mol. The summed E-state index contributed by atoms with van der Waals surface area (Å²) in [7, 11) is 0. The van der Waals surface area contributed by atoms with Gasteiger partial charge in [-0.25, -0.2) is 0 Å². The van der Waals surface area contributed by atoms with Crippen LogP contribution in [0.25, 0.3) is 0 Å². The summed E-state index contributed by atoms with van der Waals surface area (Å²) in [6.07, 6.45) is 1.40. The number of phenols is 1. The van der Waals surface area contributed by atoms with Crippen molar-refractivity contribution in [3.8, 4) is 5.75 Å². The van der Waals surface area contributed by atoms with E-state index in [9.17, 15) is 15.2 Å². The molecule has 0 saturated carbocycles. The molecule has 2 aromatic carbocycles. The van der Waals surface area contributed by atoms with Crippen molar-refractivity contribution in [3.63, 3.8) is 0 Å². The van der Waals surface area contributed by atoms with Crippen LogP contribution in [-0.2, 0) is 0 Å². The van der Waals surface area contributed by atoms with Gasteiger partial charge in [-0.2, -0.15) is 0 Å². The molecule has 5 nitrogen and oxygen atoms in total. The van der Waals surface area contributed by atoms with Gasteiger partial charge in [0.1, 0.15) is 5.75 Å². The highest BCUT2D eigenvalue weighted by atomic mass is 79.9. The number of aliphatic imine (C=N–C) groups is 1. The number of halogens is 1. The van der Waals surface area contributed by atoms with Gasteiger partial charge in [0, 0.05) is 28.4 Å². The van der Waals surface area contributed by atoms with Crippen molar-refractivity contribution in [3.05, 3.63) is 62.1 Å². The Morgan fingerprint density at radius 2 is 2.05 bits per heavy atom. The smallest absolute Gasteiger partial charge is 0.270 e. The normalized spacial score (nSPS) is 10.9. The van der Waals surface area contributed by atoms with Crippen molar-refractivity contribution in [1.82, 2.24) is 0 Å². The standard InChI is InChI=1S/C14H11BrN2O3/c1-9-2-4-13(12(15)6-9)16-8-10-7-11(17(19)20)3-5-14(10)18/h2-8,18H,1H3. The molecule has 0 aliphatic heterocycles. The summed E-state index contributed by atoms with van der Waals surface area (Å²) >= 11 is 3.39. The molecule has 0 amide bonds. The summed E-state index contributed by atoms with van der Waals surface area (Å²) in [5.74, 6) is -0.0532. The van der Waals surface area contributed by atoms with Crippen molar-refractivity contribution in [2.24, 2.45) is 4.99 Å².